The van der Waals surface area contributed by atoms with E-state index >= 15 is 0 Å². The van der Waals surface area contributed by atoms with Crippen molar-refractivity contribution in [3.05, 3.63) is 70.9 Å². The number of aromatic nitrogens is 6. The number of anilines is 4. The smallest absolute Gasteiger partial charge is 0.294 e. The summed E-state index contributed by atoms with van der Waals surface area (Å²) in [4.78, 5) is 65.2. The van der Waals surface area contributed by atoms with Crippen LogP contribution in [-0.2, 0) is 28.5 Å². The first-order valence-electron chi connectivity index (χ1n) is 19.5. The number of fused-ring (bicyclic) bond motifs is 2. The number of carbonyl (C=O) groups excluding carboxylic acids is 3. The number of amides is 3. The lowest BCUT2D eigenvalue weighted by Gasteiger charge is -2.53. The normalized spacial score (nSPS) is 17.7. The van der Waals surface area contributed by atoms with E-state index in [-0.39, 0.29) is 46.8 Å². The van der Waals surface area contributed by atoms with Gasteiger partial charge in [0.1, 0.15) is 11.5 Å². The molecule has 3 fully saturated rings. The molecule has 2 aliphatic heterocycles. The Labute approximate surface area is 336 Å². The molecule has 1 saturated carbocycles. The Kier molecular flexibility index (Phi) is 11.0. The predicted octanol–water partition coefficient (Wildman–Crippen LogP) is 5.51. The van der Waals surface area contributed by atoms with Gasteiger partial charge in [-0.25, -0.2) is 9.97 Å². The average molecular weight is 784 g/mol. The third kappa shape index (κ3) is 7.63. The highest BCUT2D eigenvalue weighted by molar-refractivity contribution is 6.03. The van der Waals surface area contributed by atoms with Gasteiger partial charge in [0.25, 0.3) is 11.5 Å². The number of hydrogen-bond acceptors (Lipinski definition) is 12. The Hall–Kier alpha value is -6.32. The summed E-state index contributed by atoms with van der Waals surface area (Å²) in [5.41, 5.74) is 4.33. The second-order valence-electron chi connectivity index (χ2n) is 14.8. The lowest BCUT2D eigenvalue weighted by atomic mass is 9.67. The van der Waals surface area contributed by atoms with Crippen LogP contribution in [0.5, 0.6) is 5.75 Å². The zero-order chi connectivity index (χ0) is 40.4. The van der Waals surface area contributed by atoms with E-state index in [0.29, 0.717) is 53.1 Å². The number of carbonyl (C=O) groups is 3. The van der Waals surface area contributed by atoms with Crippen molar-refractivity contribution in [2.45, 2.75) is 64.3 Å². The van der Waals surface area contributed by atoms with Crippen LogP contribution in [0.1, 0.15) is 75.3 Å². The molecule has 57 heavy (non-hydrogen) atoms. The summed E-state index contributed by atoms with van der Waals surface area (Å²) < 4.78 is 8.73. The van der Waals surface area contributed by atoms with Crippen LogP contribution in [0.3, 0.4) is 0 Å². The maximum absolute atomic E-state index is 12.8. The average Bonchev–Trinajstić information content (AvgIpc) is 3.55. The van der Waals surface area contributed by atoms with Crippen molar-refractivity contribution < 1.29 is 24.8 Å². The van der Waals surface area contributed by atoms with E-state index < -0.39 is 5.92 Å². The Morgan fingerprint density at radius 3 is 2.58 bits per heavy atom. The van der Waals surface area contributed by atoms with Gasteiger partial charge in [-0.15, -0.1) is 0 Å². The third-order valence-corrected chi connectivity index (χ3v) is 11.1. The van der Waals surface area contributed by atoms with Crippen molar-refractivity contribution in [2.75, 3.05) is 42.3 Å². The van der Waals surface area contributed by atoms with Gasteiger partial charge in [-0.05, 0) is 50.3 Å². The van der Waals surface area contributed by atoms with Crippen molar-refractivity contribution in [1.82, 2.24) is 39.9 Å². The minimum absolute atomic E-state index is 0. The number of nitrogens with zero attached hydrogens (tertiary/aromatic N) is 7. The van der Waals surface area contributed by atoms with Crippen molar-refractivity contribution in [2.24, 2.45) is 19.5 Å². The number of benzene rings is 1. The van der Waals surface area contributed by atoms with Gasteiger partial charge in [-0.3, -0.25) is 33.7 Å². The first kappa shape index (κ1) is 38.9. The standard InChI is InChI=1S/C39H43N11O5.C2H6.4H2/c1-5-22-17-42-38(46-34(22)44-25-15-23-16-29(55-19-31(52)40-2)37(54)48(3)35(23)41-18-25)50-20-39(21-50)13-11-24(12-14-39)43-28-8-6-7-26-32(47-49(4)33(26)28)27-9-10-30(51)45-36(27)53;1-2;;;;/h5-8,15-18,24,27,43H,1,9-14,19-21H2,2-4H3,(H,40,52)(H,42,44,46)(H,45,51,53);1-2H3;4*1H. The van der Waals surface area contributed by atoms with E-state index in [2.05, 4.69) is 48.8 Å². The van der Waals surface area contributed by atoms with Gasteiger partial charge in [0, 0.05) is 80.3 Å². The molecule has 0 bridgehead atoms. The molecule has 0 radical (unpaired) electrons. The summed E-state index contributed by atoms with van der Waals surface area (Å²) in [7, 11) is 5.01. The summed E-state index contributed by atoms with van der Waals surface area (Å²) in [6, 6.07) is 9.81. The van der Waals surface area contributed by atoms with Crippen molar-refractivity contribution in [3.63, 3.8) is 0 Å². The van der Waals surface area contributed by atoms with Gasteiger partial charge in [-0.2, -0.15) is 10.1 Å². The summed E-state index contributed by atoms with van der Waals surface area (Å²) in [5, 5.41) is 18.4. The zero-order valence-electron chi connectivity index (χ0n) is 33.0. The van der Waals surface area contributed by atoms with Crippen molar-refractivity contribution >= 4 is 68.9 Å². The van der Waals surface area contributed by atoms with Crippen LogP contribution in [-0.4, -0.2) is 79.8 Å². The molecule has 4 N–H and O–H groups in total. The molecule has 16 heteroatoms. The number of likely N-dealkylation sites (N-methyl/N-ethyl adjacent to an activating group) is 1. The highest BCUT2D eigenvalue weighted by Gasteiger charge is 2.46. The van der Waals surface area contributed by atoms with Crippen LogP contribution in [0.4, 0.5) is 23.1 Å². The molecule has 1 aromatic carbocycles. The fourth-order valence-corrected chi connectivity index (χ4v) is 8.14. The van der Waals surface area contributed by atoms with Gasteiger partial charge in [0.05, 0.1) is 34.7 Å². The monoisotopic (exact) mass is 783 g/mol. The molecular weight excluding hydrogens is 727 g/mol. The number of ether oxygens (including phenoxy) is 1. The highest BCUT2D eigenvalue weighted by Crippen LogP contribution is 2.46. The number of rotatable bonds is 10. The van der Waals surface area contributed by atoms with E-state index in [1.807, 2.05) is 43.8 Å². The molecular formula is C41H57N11O5. The van der Waals surface area contributed by atoms with Crippen molar-refractivity contribution in [1.29, 1.82) is 0 Å². The van der Waals surface area contributed by atoms with Gasteiger partial charge in [-0.1, -0.05) is 38.6 Å². The van der Waals surface area contributed by atoms with Gasteiger partial charge in [0.15, 0.2) is 12.4 Å². The van der Waals surface area contributed by atoms with Crippen LogP contribution in [0, 0.1) is 5.41 Å². The second-order valence-corrected chi connectivity index (χ2v) is 14.8. The minimum atomic E-state index is -0.443. The predicted molar refractivity (Wildman–Crippen MR) is 228 cm³/mol. The van der Waals surface area contributed by atoms with E-state index in [1.54, 1.807) is 31.6 Å². The van der Waals surface area contributed by atoms with Gasteiger partial charge in [0.2, 0.25) is 17.8 Å². The number of imide groups is 1. The molecule has 2 saturated heterocycles. The maximum Gasteiger partial charge on any atom is 0.294 e. The molecule has 1 aliphatic carbocycles. The molecule has 3 amide bonds. The fraction of sp³-hybridized carbons (Fsp3) is 0.415. The molecule has 1 atom stereocenters. The van der Waals surface area contributed by atoms with Crippen LogP contribution in [0.15, 0.2) is 54.1 Å². The Morgan fingerprint density at radius 1 is 1.09 bits per heavy atom. The van der Waals surface area contributed by atoms with Crippen LogP contribution in [0.25, 0.3) is 28.0 Å². The largest absolute Gasteiger partial charge is 0.478 e. The number of nitrogens with one attached hydrogen (secondary N) is 4. The summed E-state index contributed by atoms with van der Waals surface area (Å²) >= 11 is 0. The van der Waals surface area contributed by atoms with Gasteiger partial charge < -0.3 is 25.6 Å². The first-order chi connectivity index (χ1) is 27.5. The Bertz CT molecular complexity index is 2450. The quantitative estimate of drug-likeness (QED) is 0.130. The van der Waals surface area contributed by atoms with E-state index in [4.69, 9.17) is 14.8 Å². The lowest BCUT2D eigenvalue weighted by Crippen LogP contribution is -2.59. The fourth-order valence-electron chi connectivity index (χ4n) is 8.14. The number of para-hydroxylation sites is 1. The molecule has 306 valence electrons. The zero-order valence-corrected chi connectivity index (χ0v) is 33.0. The molecule has 6 heterocycles. The Morgan fingerprint density at radius 2 is 1.86 bits per heavy atom. The molecule has 5 aromatic rings. The SMILES string of the molecule is C=Cc1cnc(N2CC3(CCC(Nc4cccc5c(C6CCC(=O)NC6=O)nn(C)c45)CC3)C2)nc1Nc1cnc2c(c1)cc(OCC(=O)NC)c(=O)n2C.CC.[HH].[HH].[HH].[HH]. The maximum atomic E-state index is 12.8. The molecule has 1 unspecified atom stereocenters. The molecule has 3 aliphatic rings. The second kappa shape index (κ2) is 16.0. The summed E-state index contributed by atoms with van der Waals surface area (Å²) in [6.45, 7) is 9.40. The number of pyridine rings is 2. The van der Waals surface area contributed by atoms with E-state index in [9.17, 15) is 19.2 Å². The number of piperidine rings is 1. The summed E-state index contributed by atoms with van der Waals surface area (Å²) in [6.07, 6.45) is 10.0. The third-order valence-electron chi connectivity index (χ3n) is 11.1. The van der Waals surface area contributed by atoms with E-state index in [1.165, 1.54) is 11.6 Å². The van der Waals surface area contributed by atoms with Gasteiger partial charge >= 0.3 is 0 Å². The lowest BCUT2D eigenvalue weighted by molar-refractivity contribution is -0.134. The van der Waals surface area contributed by atoms with Crippen molar-refractivity contribution in [3.8, 4) is 5.75 Å². The summed E-state index contributed by atoms with van der Waals surface area (Å²) in [5.74, 6) is -0.0299. The molecule has 1 spiro atoms. The Balaban J connectivity index is 0.00000163. The molecule has 16 nitrogen and oxygen atoms in total. The highest BCUT2D eigenvalue weighted by atomic mass is 16.5. The number of aryl methyl sites for hydroxylation is 2. The topological polar surface area (TPSA) is 190 Å². The number of hydrogen-bond donors (Lipinski definition) is 4. The molecule has 4 aromatic heterocycles. The first-order valence-corrected chi connectivity index (χ1v) is 19.5. The van der Waals surface area contributed by atoms with Crippen LogP contribution in [0.2, 0.25) is 0 Å². The van der Waals surface area contributed by atoms with Crippen LogP contribution >= 0.6 is 0 Å². The molecule has 8 rings (SSSR count). The van der Waals surface area contributed by atoms with E-state index in [0.717, 1.165) is 60.9 Å². The minimum Gasteiger partial charge on any atom is -0.478 e. The van der Waals surface area contributed by atoms with Crippen LogP contribution < -0.4 is 36.5 Å².